The molecule has 31 heavy (non-hydrogen) atoms. The van der Waals surface area contributed by atoms with E-state index in [1.54, 1.807) is 29.0 Å². The minimum Gasteiger partial charge on any atom is -0.389 e. The summed E-state index contributed by atoms with van der Waals surface area (Å²) in [5.41, 5.74) is 1.18. The first kappa shape index (κ1) is 20.2. The molecule has 2 aromatic heterocycles. The fourth-order valence-electron chi connectivity index (χ4n) is 5.71. The second-order valence-electron chi connectivity index (χ2n) is 8.67. The van der Waals surface area contributed by atoms with Gasteiger partial charge in [-0.05, 0) is 31.1 Å². The maximum absolute atomic E-state index is 14.9. The molecule has 0 amide bonds. The Hall–Kier alpha value is -2.72. The molecule has 0 radical (unpaired) electrons. The molecule has 0 spiro atoms. The van der Waals surface area contributed by atoms with Crippen molar-refractivity contribution < 1.29 is 18.7 Å². The van der Waals surface area contributed by atoms with Gasteiger partial charge in [-0.1, -0.05) is 0 Å². The fraction of sp³-hybridized carbons (Fsp3) is 0.524. The Morgan fingerprint density at radius 3 is 2.81 bits per heavy atom. The van der Waals surface area contributed by atoms with Crippen LogP contribution in [-0.2, 0) is 11.3 Å². The van der Waals surface area contributed by atoms with Gasteiger partial charge in [0.25, 0.3) is 0 Å². The van der Waals surface area contributed by atoms with Crippen LogP contribution in [0.1, 0.15) is 25.0 Å². The quantitative estimate of drug-likeness (QED) is 0.772. The van der Waals surface area contributed by atoms with Crippen LogP contribution in [0, 0.1) is 29.4 Å². The van der Waals surface area contributed by atoms with Crippen molar-refractivity contribution >= 4 is 23.2 Å². The predicted molar refractivity (Wildman–Crippen MR) is 108 cm³/mol. The number of fused-ring (bicyclic) bond motifs is 3. The Labute approximate surface area is 178 Å². The Morgan fingerprint density at radius 2 is 2.03 bits per heavy atom. The van der Waals surface area contributed by atoms with Gasteiger partial charge in [-0.25, -0.2) is 23.8 Å². The van der Waals surface area contributed by atoms with Crippen molar-refractivity contribution in [3.63, 3.8) is 0 Å². The number of carbonyl (C=O) groups excluding carboxylic acids is 1. The molecule has 4 unspecified atom stereocenters. The van der Waals surface area contributed by atoms with E-state index in [2.05, 4.69) is 15.0 Å². The molecule has 3 aliphatic rings. The minimum absolute atomic E-state index is 0.0875. The van der Waals surface area contributed by atoms with Crippen LogP contribution in [0.3, 0.4) is 0 Å². The number of hydrogen-bond donors (Lipinski definition) is 1. The van der Waals surface area contributed by atoms with Crippen molar-refractivity contribution in [3.8, 4) is 0 Å². The summed E-state index contributed by atoms with van der Waals surface area (Å²) in [6.45, 7) is -0.0649. The topological polar surface area (TPSA) is 85.7 Å². The van der Waals surface area contributed by atoms with Gasteiger partial charge in [0.2, 0.25) is 5.95 Å². The van der Waals surface area contributed by atoms with E-state index in [4.69, 9.17) is 0 Å². The van der Waals surface area contributed by atoms with Crippen LogP contribution in [0.15, 0.2) is 18.5 Å². The molecule has 2 fully saturated rings. The van der Waals surface area contributed by atoms with Gasteiger partial charge in [-0.15, -0.1) is 0 Å². The van der Waals surface area contributed by atoms with Crippen molar-refractivity contribution in [2.75, 3.05) is 30.6 Å². The third kappa shape index (κ3) is 3.16. The molecule has 0 saturated heterocycles. The van der Waals surface area contributed by atoms with E-state index in [1.807, 2.05) is 0 Å². The highest BCUT2D eigenvalue weighted by atomic mass is 19.1. The van der Waals surface area contributed by atoms with Crippen LogP contribution in [-0.4, -0.2) is 57.6 Å². The minimum atomic E-state index is -0.594. The van der Waals surface area contributed by atoms with Crippen LogP contribution in [0.4, 0.5) is 26.2 Å². The predicted octanol–water partition coefficient (Wildman–Crippen LogP) is 2.06. The maximum atomic E-state index is 14.9. The first-order valence-electron chi connectivity index (χ1n) is 10.4. The first-order chi connectivity index (χ1) is 14.9. The summed E-state index contributed by atoms with van der Waals surface area (Å²) in [5, 5.41) is 12.9. The second kappa shape index (κ2) is 7.45. The fourth-order valence-corrected chi connectivity index (χ4v) is 5.71. The normalized spacial score (nSPS) is 27.1. The zero-order valence-electron chi connectivity index (χ0n) is 17.4. The van der Waals surface area contributed by atoms with Crippen LogP contribution in [0.25, 0.3) is 0 Å². The van der Waals surface area contributed by atoms with E-state index in [1.165, 1.54) is 6.07 Å². The number of anilines is 3. The third-order valence-corrected chi connectivity index (χ3v) is 6.95. The summed E-state index contributed by atoms with van der Waals surface area (Å²) < 4.78 is 28.7. The largest absolute Gasteiger partial charge is 0.389 e. The molecule has 3 heterocycles. The lowest BCUT2D eigenvalue weighted by molar-refractivity contribution is -0.127. The summed E-state index contributed by atoms with van der Waals surface area (Å²) in [7, 11) is 3.53. The number of hydrogen-bond acceptors (Lipinski definition) is 8. The molecule has 0 aromatic carbocycles. The molecule has 2 aromatic rings. The molecule has 2 bridgehead atoms. The molecule has 1 N–H and O–H groups in total. The average Bonchev–Trinajstić information content (AvgIpc) is 3.45. The number of halogens is 2. The zero-order chi connectivity index (χ0) is 21.9. The van der Waals surface area contributed by atoms with Crippen LogP contribution >= 0.6 is 0 Å². The highest BCUT2D eigenvalue weighted by molar-refractivity contribution is 5.84. The lowest BCUT2D eigenvalue weighted by Crippen LogP contribution is -2.47. The molecule has 1 aliphatic heterocycles. The van der Waals surface area contributed by atoms with Gasteiger partial charge in [0, 0.05) is 32.1 Å². The van der Waals surface area contributed by atoms with Gasteiger partial charge < -0.3 is 10.0 Å². The smallest absolute Gasteiger partial charge is 0.247 e. The number of nitrogens with zero attached hydrogens (tertiary/aromatic N) is 6. The number of aromatic nitrogens is 3. The standard InChI is InChI=1S/C21H24F2N6O2/c1-27-9-15-16(6-13(22)7-24-15)29(27)21-25-8-14(23)20(26-21)28(2)19-12-4-3-11(5-12)18(19)17(31)10-30/h6-8,11-12,18-19,30H,3-5,9-10H2,1-2H3. The van der Waals surface area contributed by atoms with Crippen molar-refractivity contribution in [3.05, 3.63) is 35.8 Å². The monoisotopic (exact) mass is 430 g/mol. The Morgan fingerprint density at radius 1 is 1.26 bits per heavy atom. The van der Waals surface area contributed by atoms with E-state index in [0.29, 0.717) is 17.9 Å². The lowest BCUT2D eigenvalue weighted by Gasteiger charge is -2.37. The Balaban J connectivity index is 1.51. The maximum Gasteiger partial charge on any atom is 0.247 e. The number of hydrazine groups is 1. The SMILES string of the molecule is CN(c1nc(N2c3cc(F)cnc3CN2C)ncc1F)C1C2CCC(C2)C1C(=O)CO. The molecule has 8 nitrogen and oxygen atoms in total. The van der Waals surface area contributed by atoms with Crippen molar-refractivity contribution in [1.29, 1.82) is 0 Å². The molecule has 5 rings (SSSR count). The van der Waals surface area contributed by atoms with Crippen LogP contribution in [0.5, 0.6) is 0 Å². The zero-order valence-corrected chi connectivity index (χ0v) is 17.4. The highest BCUT2D eigenvalue weighted by Crippen LogP contribution is 2.51. The van der Waals surface area contributed by atoms with Crippen molar-refractivity contribution in [2.45, 2.75) is 31.8 Å². The number of aliphatic hydroxyl groups is 1. The number of rotatable bonds is 5. The van der Waals surface area contributed by atoms with Gasteiger partial charge in [-0.2, -0.15) is 4.98 Å². The summed E-state index contributed by atoms with van der Waals surface area (Å²) in [6.07, 6.45) is 5.09. The molecule has 2 aliphatic carbocycles. The van der Waals surface area contributed by atoms with E-state index >= 15 is 0 Å². The average molecular weight is 430 g/mol. The van der Waals surface area contributed by atoms with Gasteiger partial charge in [0.15, 0.2) is 17.4 Å². The summed E-state index contributed by atoms with van der Waals surface area (Å²) in [4.78, 5) is 26.9. The number of Topliss-reactive ketones (excluding diaryl/α,β-unsaturated/α-hetero) is 1. The number of pyridine rings is 1. The van der Waals surface area contributed by atoms with E-state index in [-0.39, 0.29) is 41.3 Å². The number of aliphatic hydroxyl groups excluding tert-OH is 1. The molecular formula is C21H24F2N6O2. The van der Waals surface area contributed by atoms with Crippen LogP contribution in [0.2, 0.25) is 0 Å². The first-order valence-corrected chi connectivity index (χ1v) is 10.4. The van der Waals surface area contributed by atoms with E-state index < -0.39 is 18.2 Å². The molecule has 10 heteroatoms. The van der Waals surface area contributed by atoms with E-state index in [0.717, 1.165) is 31.7 Å². The summed E-state index contributed by atoms with van der Waals surface area (Å²) in [5.74, 6) is -0.855. The molecule has 164 valence electrons. The Bertz CT molecular complexity index is 1040. The number of ketones is 1. The summed E-state index contributed by atoms with van der Waals surface area (Å²) in [6, 6.07) is 1.13. The molecule has 2 saturated carbocycles. The van der Waals surface area contributed by atoms with Gasteiger partial charge in [-0.3, -0.25) is 9.78 Å². The molecular weight excluding hydrogens is 406 g/mol. The van der Waals surface area contributed by atoms with Gasteiger partial charge in [0.05, 0.1) is 30.3 Å². The Kier molecular flexibility index (Phi) is 4.86. The second-order valence-corrected chi connectivity index (χ2v) is 8.67. The number of carbonyl (C=O) groups is 1. The van der Waals surface area contributed by atoms with Crippen LogP contribution < -0.4 is 9.91 Å². The van der Waals surface area contributed by atoms with E-state index in [9.17, 15) is 18.7 Å². The van der Waals surface area contributed by atoms with Gasteiger partial charge >= 0.3 is 0 Å². The lowest BCUT2D eigenvalue weighted by atomic mass is 9.81. The van der Waals surface area contributed by atoms with Crippen molar-refractivity contribution in [1.82, 2.24) is 20.0 Å². The molecule has 4 atom stereocenters. The van der Waals surface area contributed by atoms with Gasteiger partial charge in [0.1, 0.15) is 12.4 Å². The van der Waals surface area contributed by atoms with Crippen molar-refractivity contribution in [2.24, 2.45) is 17.8 Å². The highest BCUT2D eigenvalue weighted by Gasteiger charge is 2.52. The summed E-state index contributed by atoms with van der Waals surface area (Å²) >= 11 is 0. The third-order valence-electron chi connectivity index (χ3n) is 6.95.